The number of H-pyrrole nitrogens is 1. The lowest BCUT2D eigenvalue weighted by molar-refractivity contribution is -0.124. The van der Waals surface area contributed by atoms with E-state index in [1.807, 2.05) is 0 Å². The Balaban J connectivity index is 1.93. The minimum atomic E-state index is -0.196. The number of hydrogen-bond acceptors (Lipinski definition) is 3. The zero-order chi connectivity index (χ0) is 15.4. The highest BCUT2D eigenvalue weighted by molar-refractivity contribution is 6.00. The second-order valence-corrected chi connectivity index (χ2v) is 6.35. The normalized spacial score (nSPS) is 24.0. The lowest BCUT2D eigenvalue weighted by atomic mass is 9.79. The summed E-state index contributed by atoms with van der Waals surface area (Å²) in [6.07, 6.45) is 3.09. The largest absolute Gasteiger partial charge is 0.358 e. The molecule has 22 heavy (non-hydrogen) atoms. The molecular formula is C17H20N4O. The lowest BCUT2D eigenvalue weighted by Gasteiger charge is -2.39. The van der Waals surface area contributed by atoms with E-state index in [4.69, 9.17) is 5.84 Å². The van der Waals surface area contributed by atoms with Crippen molar-refractivity contribution < 1.29 is 4.79 Å². The third kappa shape index (κ3) is 1.76. The molecule has 114 valence electrons. The summed E-state index contributed by atoms with van der Waals surface area (Å²) >= 11 is 0. The molecule has 4 N–H and O–H groups in total. The Labute approximate surface area is 129 Å². The van der Waals surface area contributed by atoms with Crippen molar-refractivity contribution in [1.82, 2.24) is 15.3 Å². The second kappa shape index (κ2) is 4.69. The van der Waals surface area contributed by atoms with Gasteiger partial charge in [-0.2, -0.15) is 0 Å². The van der Waals surface area contributed by atoms with Gasteiger partial charge in [0.1, 0.15) is 0 Å². The molecule has 1 aromatic carbocycles. The summed E-state index contributed by atoms with van der Waals surface area (Å²) in [5, 5.41) is 1.31. The second-order valence-electron chi connectivity index (χ2n) is 6.35. The third-order valence-electron chi connectivity index (χ3n) is 5.09. The summed E-state index contributed by atoms with van der Waals surface area (Å²) in [7, 11) is 2.08. The van der Waals surface area contributed by atoms with Crippen LogP contribution >= 0.6 is 0 Å². The molecule has 0 radical (unpaired) electrons. The van der Waals surface area contributed by atoms with E-state index in [0.29, 0.717) is 12.6 Å². The number of hydrazine groups is 1. The number of aryl methyl sites for hydroxylation is 1. The predicted molar refractivity (Wildman–Crippen MR) is 87.0 cm³/mol. The minimum Gasteiger partial charge on any atom is -0.358 e. The number of amides is 1. The highest BCUT2D eigenvalue weighted by Gasteiger charge is 2.36. The van der Waals surface area contributed by atoms with Crippen LogP contribution in [-0.4, -0.2) is 35.4 Å². The molecule has 0 unspecified atom stereocenters. The van der Waals surface area contributed by atoms with Gasteiger partial charge >= 0.3 is 0 Å². The number of nitrogens with zero attached hydrogens (tertiary/aromatic N) is 1. The molecule has 1 aromatic heterocycles. The molecule has 2 aromatic rings. The number of likely N-dealkylation sites (N-methyl/N-ethyl adjacent to an activating group) is 1. The van der Waals surface area contributed by atoms with Crippen LogP contribution in [0.25, 0.3) is 16.5 Å². The SMILES string of the molecule is Cc1[nH]c2cccc3c2c1C[C@@H]1C3=C[C@@H](C(=O)NN)CN1C. The Morgan fingerprint density at radius 3 is 3.05 bits per heavy atom. The van der Waals surface area contributed by atoms with Crippen LogP contribution in [0.15, 0.2) is 24.3 Å². The zero-order valence-electron chi connectivity index (χ0n) is 12.8. The van der Waals surface area contributed by atoms with Gasteiger partial charge in [-0.25, -0.2) is 5.84 Å². The molecular weight excluding hydrogens is 276 g/mol. The van der Waals surface area contributed by atoms with Crippen molar-refractivity contribution in [3.05, 3.63) is 41.1 Å². The minimum absolute atomic E-state index is 0.124. The van der Waals surface area contributed by atoms with Crippen LogP contribution in [0.2, 0.25) is 0 Å². The molecule has 5 nitrogen and oxygen atoms in total. The number of benzene rings is 1. The van der Waals surface area contributed by atoms with Crippen molar-refractivity contribution in [1.29, 1.82) is 0 Å². The van der Waals surface area contributed by atoms with E-state index in [1.165, 1.54) is 33.3 Å². The van der Waals surface area contributed by atoms with Gasteiger partial charge < -0.3 is 4.98 Å². The first-order chi connectivity index (χ1) is 10.6. The first kappa shape index (κ1) is 13.5. The maximum Gasteiger partial charge on any atom is 0.242 e. The van der Waals surface area contributed by atoms with Gasteiger partial charge in [0.2, 0.25) is 5.91 Å². The van der Waals surface area contributed by atoms with Gasteiger partial charge in [-0.3, -0.25) is 15.1 Å². The average Bonchev–Trinajstić information content (AvgIpc) is 2.84. The van der Waals surface area contributed by atoms with Gasteiger partial charge in [-0.05, 0) is 43.2 Å². The number of carbonyl (C=O) groups is 1. The monoisotopic (exact) mass is 296 g/mol. The summed E-state index contributed by atoms with van der Waals surface area (Å²) in [5.74, 6) is 5.00. The molecule has 0 spiro atoms. The van der Waals surface area contributed by atoms with Crippen LogP contribution in [-0.2, 0) is 11.2 Å². The quantitative estimate of drug-likeness (QED) is 0.422. The Bertz CT molecular complexity index is 804. The number of aromatic nitrogens is 1. The summed E-state index contributed by atoms with van der Waals surface area (Å²) in [6.45, 7) is 2.84. The van der Waals surface area contributed by atoms with Gasteiger partial charge in [0.25, 0.3) is 0 Å². The van der Waals surface area contributed by atoms with Gasteiger partial charge in [0.05, 0.1) is 5.92 Å². The molecule has 0 bridgehead atoms. The van der Waals surface area contributed by atoms with E-state index in [0.717, 1.165) is 6.42 Å². The molecule has 1 amide bonds. The molecule has 0 saturated heterocycles. The predicted octanol–water partition coefficient (Wildman–Crippen LogP) is 1.34. The standard InChI is InChI=1S/C17H20N4O/c1-9-12-7-15-13(6-10(8-21(15)2)17(22)20-18)11-4-3-5-14(19-9)16(11)12/h3-6,10,15,19H,7-8,18H2,1-2H3,(H,20,22)/t10-,15-/m1/s1. The summed E-state index contributed by atoms with van der Waals surface area (Å²) in [6, 6.07) is 6.68. The number of hydrogen-bond donors (Lipinski definition) is 3. The maximum atomic E-state index is 12.0. The maximum absolute atomic E-state index is 12.0. The Kier molecular flexibility index (Phi) is 2.89. The van der Waals surface area contributed by atoms with Crippen molar-refractivity contribution in [2.45, 2.75) is 19.4 Å². The van der Waals surface area contributed by atoms with Crippen LogP contribution in [0.1, 0.15) is 16.8 Å². The fourth-order valence-electron chi connectivity index (χ4n) is 3.99. The fraction of sp³-hybridized carbons (Fsp3) is 0.353. The van der Waals surface area contributed by atoms with E-state index in [2.05, 4.69) is 53.6 Å². The van der Waals surface area contributed by atoms with Crippen LogP contribution in [0, 0.1) is 12.8 Å². The van der Waals surface area contributed by atoms with Gasteiger partial charge in [0.15, 0.2) is 0 Å². The average molecular weight is 296 g/mol. The molecule has 0 fully saturated rings. The van der Waals surface area contributed by atoms with Crippen molar-refractivity contribution in [3.8, 4) is 0 Å². The van der Waals surface area contributed by atoms with Gasteiger partial charge in [-0.15, -0.1) is 0 Å². The van der Waals surface area contributed by atoms with E-state index in [9.17, 15) is 4.79 Å². The number of nitrogens with one attached hydrogen (secondary N) is 2. The number of aromatic amines is 1. The lowest BCUT2D eigenvalue weighted by Crippen LogP contribution is -2.47. The smallest absolute Gasteiger partial charge is 0.242 e. The molecule has 1 aliphatic carbocycles. The summed E-state index contributed by atoms with van der Waals surface area (Å²) < 4.78 is 0. The van der Waals surface area contributed by atoms with Gasteiger partial charge in [0, 0.05) is 29.2 Å². The number of rotatable bonds is 1. The van der Waals surface area contributed by atoms with E-state index in [-0.39, 0.29) is 11.8 Å². The number of fused-ring (bicyclic) bond motifs is 2. The first-order valence-electron chi connectivity index (χ1n) is 7.63. The molecule has 2 atom stereocenters. The Hall–Kier alpha value is -2.11. The van der Waals surface area contributed by atoms with Crippen molar-refractivity contribution >= 4 is 22.4 Å². The fourth-order valence-corrected chi connectivity index (χ4v) is 3.99. The molecule has 2 aliphatic rings. The van der Waals surface area contributed by atoms with Crippen molar-refractivity contribution in [3.63, 3.8) is 0 Å². The van der Waals surface area contributed by atoms with Crippen LogP contribution in [0.5, 0.6) is 0 Å². The molecule has 0 saturated carbocycles. The van der Waals surface area contributed by atoms with E-state index in [1.54, 1.807) is 0 Å². The van der Waals surface area contributed by atoms with Crippen molar-refractivity contribution in [2.75, 3.05) is 13.6 Å². The highest BCUT2D eigenvalue weighted by Crippen LogP contribution is 2.41. The van der Waals surface area contributed by atoms with E-state index < -0.39 is 0 Å². The topological polar surface area (TPSA) is 74.1 Å². The van der Waals surface area contributed by atoms with Crippen molar-refractivity contribution in [2.24, 2.45) is 11.8 Å². The molecule has 1 aliphatic heterocycles. The first-order valence-corrected chi connectivity index (χ1v) is 7.63. The van der Waals surface area contributed by atoms with Crippen LogP contribution in [0.3, 0.4) is 0 Å². The van der Waals surface area contributed by atoms with E-state index >= 15 is 0 Å². The molecule has 2 heterocycles. The Morgan fingerprint density at radius 2 is 2.27 bits per heavy atom. The van der Waals surface area contributed by atoms with Gasteiger partial charge in [-0.1, -0.05) is 18.2 Å². The third-order valence-corrected chi connectivity index (χ3v) is 5.09. The Morgan fingerprint density at radius 1 is 1.45 bits per heavy atom. The summed E-state index contributed by atoms with van der Waals surface area (Å²) in [5.41, 5.74) is 8.61. The van der Waals surface area contributed by atoms with Crippen LogP contribution in [0.4, 0.5) is 0 Å². The molecule has 5 heteroatoms. The number of nitrogens with two attached hydrogens (primary N) is 1. The highest BCUT2D eigenvalue weighted by atomic mass is 16.2. The number of carbonyl (C=O) groups excluding carboxylic acids is 1. The zero-order valence-corrected chi connectivity index (χ0v) is 12.8. The van der Waals surface area contributed by atoms with Crippen LogP contribution < -0.4 is 11.3 Å². The molecule has 4 rings (SSSR count). The summed E-state index contributed by atoms with van der Waals surface area (Å²) in [4.78, 5) is 17.7.